The molecule has 0 spiro atoms. The Hall–Kier alpha value is -0.770. The van der Waals surface area contributed by atoms with E-state index in [9.17, 15) is 4.79 Å². The van der Waals surface area contributed by atoms with E-state index < -0.39 is 0 Å². The van der Waals surface area contributed by atoms with E-state index in [0.29, 0.717) is 5.70 Å². The Morgan fingerprint density at radius 3 is 3.11 bits per heavy atom. The van der Waals surface area contributed by atoms with Gasteiger partial charge in [-0.05, 0) is 6.08 Å². The third kappa shape index (κ3) is 1.57. The summed E-state index contributed by atoms with van der Waals surface area (Å²) in [6.45, 7) is 0. The van der Waals surface area contributed by atoms with E-state index in [1.165, 1.54) is 0 Å². The summed E-state index contributed by atoms with van der Waals surface area (Å²) in [5, 5.41) is 2.73. The third-order valence-corrected chi connectivity index (χ3v) is 1.17. The fraction of sp³-hybridized carbons (Fsp3) is 0.200. The van der Waals surface area contributed by atoms with Crippen LogP contribution in [0.15, 0.2) is 16.8 Å². The maximum absolute atomic E-state index is 10.1. The highest BCUT2D eigenvalue weighted by Gasteiger charge is 2.02. The van der Waals surface area contributed by atoms with Crippen molar-refractivity contribution in [3.63, 3.8) is 0 Å². The first kappa shape index (κ1) is 6.35. The van der Waals surface area contributed by atoms with Gasteiger partial charge in [-0.3, -0.25) is 9.79 Å². The van der Waals surface area contributed by atoms with Crippen LogP contribution in [-0.2, 0) is 4.79 Å². The number of hydrogen-bond acceptors (Lipinski definition) is 4. The molecule has 0 radical (unpaired) electrons. The van der Waals surface area contributed by atoms with Crippen LogP contribution in [0.25, 0.3) is 0 Å². The van der Waals surface area contributed by atoms with Gasteiger partial charge in [0.2, 0.25) is 0 Å². The lowest BCUT2D eigenvalue weighted by atomic mass is 10.4. The van der Waals surface area contributed by atoms with Crippen molar-refractivity contribution < 1.29 is 4.79 Å². The van der Waals surface area contributed by atoms with Gasteiger partial charge in [0.05, 0.1) is 5.70 Å². The quantitative estimate of drug-likeness (QED) is 0.398. The molecule has 0 bridgehead atoms. The number of carbonyl (C=O) groups excluding carboxylic acids is 1. The third-order valence-electron chi connectivity index (χ3n) is 0.904. The van der Waals surface area contributed by atoms with E-state index in [0.717, 1.165) is 6.29 Å². The van der Waals surface area contributed by atoms with Crippen molar-refractivity contribution in [1.29, 1.82) is 0 Å². The molecule has 0 aliphatic carbocycles. The van der Waals surface area contributed by atoms with Crippen LogP contribution in [0, 0.1) is 0 Å². The average Bonchev–Trinajstić information content (AvgIpc) is 1.88. The number of nitrogens with zero attached hydrogens (tertiary/aromatic N) is 1. The Balaban J connectivity index is 2.65. The second-order valence-electron chi connectivity index (χ2n) is 1.56. The van der Waals surface area contributed by atoms with Crippen molar-refractivity contribution in [2.24, 2.45) is 4.99 Å². The van der Waals surface area contributed by atoms with Gasteiger partial charge in [-0.1, -0.05) is 0 Å². The minimum atomic E-state index is -0.268. The molecule has 1 N–H and O–H groups in total. The highest BCUT2D eigenvalue weighted by Crippen LogP contribution is 1.98. The first-order valence-electron chi connectivity index (χ1n) is 2.46. The van der Waals surface area contributed by atoms with E-state index in [4.69, 9.17) is 0 Å². The molecule has 0 aromatic carbocycles. The van der Waals surface area contributed by atoms with Gasteiger partial charge in [0.25, 0.3) is 0 Å². The van der Waals surface area contributed by atoms with Gasteiger partial charge in [0.15, 0.2) is 11.8 Å². The van der Waals surface area contributed by atoms with Crippen molar-refractivity contribution in [2.45, 2.75) is 5.50 Å². The lowest BCUT2D eigenvalue weighted by Gasteiger charge is -2.11. The van der Waals surface area contributed by atoms with E-state index in [2.05, 4.69) is 22.9 Å². The number of aliphatic imine (C=N–C) groups is 1. The molecule has 9 heavy (non-hydrogen) atoms. The molecule has 1 atom stereocenters. The predicted molar refractivity (Wildman–Crippen MR) is 38.5 cm³/mol. The summed E-state index contributed by atoms with van der Waals surface area (Å²) >= 11 is 3.97. The van der Waals surface area contributed by atoms with Crippen molar-refractivity contribution >= 4 is 25.1 Å². The monoisotopic (exact) mass is 142 g/mol. The Labute approximate surface area is 58.3 Å². The smallest absolute Gasteiger partial charge is 0.166 e. The first-order valence-corrected chi connectivity index (χ1v) is 2.98. The number of allylic oxidation sites excluding steroid dienone is 2. The highest BCUT2D eigenvalue weighted by atomic mass is 32.1. The van der Waals surface area contributed by atoms with Gasteiger partial charge in [-0.25, -0.2) is 0 Å². The molecule has 1 unspecified atom stereocenters. The summed E-state index contributed by atoms with van der Waals surface area (Å²) < 4.78 is 0. The zero-order valence-corrected chi connectivity index (χ0v) is 5.51. The van der Waals surface area contributed by atoms with E-state index >= 15 is 0 Å². The van der Waals surface area contributed by atoms with Crippen LogP contribution in [0.3, 0.4) is 0 Å². The Morgan fingerprint density at radius 1 is 1.89 bits per heavy atom. The Kier molecular flexibility index (Phi) is 1.89. The molecule has 0 aromatic rings. The summed E-state index contributed by atoms with van der Waals surface area (Å²) in [6, 6.07) is 0. The highest BCUT2D eigenvalue weighted by molar-refractivity contribution is 7.80. The number of aldehydes is 1. The zero-order chi connectivity index (χ0) is 6.69. The molecule has 0 fully saturated rings. The van der Waals surface area contributed by atoms with Crippen LogP contribution in [0.2, 0.25) is 0 Å². The van der Waals surface area contributed by atoms with Crippen molar-refractivity contribution in [2.75, 3.05) is 0 Å². The summed E-state index contributed by atoms with van der Waals surface area (Å²) in [4.78, 5) is 13.9. The second-order valence-corrected chi connectivity index (χ2v) is 2.05. The van der Waals surface area contributed by atoms with E-state index in [1.807, 2.05) is 0 Å². The van der Waals surface area contributed by atoms with E-state index in [1.54, 1.807) is 12.3 Å². The number of thiol groups is 1. The molecule has 4 heteroatoms. The molecule has 0 amide bonds. The molecular weight excluding hydrogens is 136 g/mol. The topological polar surface area (TPSA) is 41.5 Å². The molecule has 1 heterocycles. The molecule has 0 saturated heterocycles. The summed E-state index contributed by atoms with van der Waals surface area (Å²) in [5.41, 5.74) is 0.250. The van der Waals surface area contributed by atoms with Crippen LogP contribution in [-0.4, -0.2) is 18.0 Å². The van der Waals surface area contributed by atoms with Gasteiger partial charge in [-0.2, -0.15) is 0 Å². The molecule has 1 rings (SSSR count). The van der Waals surface area contributed by atoms with Crippen molar-refractivity contribution in [3.05, 3.63) is 11.8 Å². The number of hydrogen-bond donors (Lipinski definition) is 2. The summed E-state index contributed by atoms with van der Waals surface area (Å²) in [6.07, 6.45) is 3.88. The molecule has 1 aliphatic rings. The second kappa shape index (κ2) is 2.68. The Bertz CT molecular complexity index is 176. The molecule has 0 aromatic heterocycles. The fourth-order valence-corrected chi connectivity index (χ4v) is 0.739. The maximum atomic E-state index is 10.1. The fourth-order valence-electron chi connectivity index (χ4n) is 0.513. The SMILES string of the molecule is O=CC1=CC=NC(S)N1. The minimum Gasteiger partial charge on any atom is -0.353 e. The minimum absolute atomic E-state index is 0.268. The number of carbonyl (C=O) groups is 1. The van der Waals surface area contributed by atoms with Crippen LogP contribution in [0.4, 0.5) is 0 Å². The molecule has 1 aliphatic heterocycles. The van der Waals surface area contributed by atoms with Gasteiger partial charge < -0.3 is 5.32 Å². The van der Waals surface area contributed by atoms with Crippen molar-refractivity contribution in [3.8, 4) is 0 Å². The van der Waals surface area contributed by atoms with Crippen LogP contribution in [0.1, 0.15) is 0 Å². The van der Waals surface area contributed by atoms with Crippen LogP contribution in [0.5, 0.6) is 0 Å². The van der Waals surface area contributed by atoms with Gasteiger partial charge >= 0.3 is 0 Å². The van der Waals surface area contributed by atoms with Gasteiger partial charge in [-0.15, -0.1) is 12.6 Å². The largest absolute Gasteiger partial charge is 0.353 e. The normalized spacial score (nSPS) is 24.6. The number of rotatable bonds is 1. The average molecular weight is 142 g/mol. The molecular formula is C5H6N2OS. The lowest BCUT2D eigenvalue weighted by molar-refractivity contribution is -0.105. The lowest BCUT2D eigenvalue weighted by Crippen LogP contribution is -2.24. The molecule has 48 valence electrons. The number of nitrogens with one attached hydrogen (secondary N) is 1. The zero-order valence-electron chi connectivity index (χ0n) is 4.61. The maximum Gasteiger partial charge on any atom is 0.166 e. The van der Waals surface area contributed by atoms with Crippen LogP contribution >= 0.6 is 12.6 Å². The summed E-state index contributed by atoms with van der Waals surface area (Å²) in [7, 11) is 0. The van der Waals surface area contributed by atoms with E-state index in [-0.39, 0.29) is 5.50 Å². The first-order chi connectivity index (χ1) is 4.33. The molecule has 0 saturated carbocycles. The standard InChI is InChI=1S/C5H6N2OS/c8-3-4-1-2-6-5(9)7-4/h1-3,5,7,9H. The predicted octanol–water partition coefficient (Wildman–Crippen LogP) is -0.0434. The van der Waals surface area contributed by atoms with Gasteiger partial charge in [0, 0.05) is 6.21 Å². The van der Waals surface area contributed by atoms with Gasteiger partial charge in [0.1, 0.15) is 0 Å². The van der Waals surface area contributed by atoms with Crippen molar-refractivity contribution in [1.82, 2.24) is 5.32 Å². The molecule has 3 nitrogen and oxygen atoms in total. The van der Waals surface area contributed by atoms with Crippen LogP contribution < -0.4 is 5.32 Å². The Morgan fingerprint density at radius 2 is 2.67 bits per heavy atom. The summed E-state index contributed by atoms with van der Waals surface area (Å²) in [5.74, 6) is 0.